The average molecular weight is 613 g/mol. The topological polar surface area (TPSA) is 48.5 Å². The van der Waals surface area contributed by atoms with Crippen molar-refractivity contribution in [2.75, 3.05) is 48.6 Å². The highest BCUT2D eigenvalue weighted by Gasteiger charge is 2.17. The maximum absolute atomic E-state index is 12.4. The molecule has 1 fully saturated rings. The summed E-state index contributed by atoms with van der Waals surface area (Å²) >= 11 is 2.48. The van der Waals surface area contributed by atoms with Crippen molar-refractivity contribution < 1.29 is 4.79 Å². The summed E-state index contributed by atoms with van der Waals surface area (Å²) in [7, 11) is 0. The number of carbonyl (C=O) groups is 1. The number of nitrogens with zero attached hydrogens (tertiary/aromatic N) is 3. The van der Waals surface area contributed by atoms with E-state index in [0.717, 1.165) is 51.5 Å². The molecule has 0 saturated carbocycles. The van der Waals surface area contributed by atoms with E-state index >= 15 is 0 Å². The molecular formula is C30H53IN4O. The zero-order valence-corrected chi connectivity index (χ0v) is 25.3. The van der Waals surface area contributed by atoms with E-state index in [2.05, 4.69) is 49.6 Å². The molecule has 0 bridgehead atoms. The normalized spacial score (nSPS) is 14.3. The van der Waals surface area contributed by atoms with Crippen LogP contribution < -0.4 is 10.2 Å². The van der Waals surface area contributed by atoms with Gasteiger partial charge in [0.1, 0.15) is 5.82 Å². The minimum atomic E-state index is 0.000974. The minimum absolute atomic E-state index is 0.000974. The summed E-state index contributed by atoms with van der Waals surface area (Å²) in [5.74, 6) is 0.983. The first-order valence-electron chi connectivity index (χ1n) is 15.0. The van der Waals surface area contributed by atoms with Gasteiger partial charge in [0.25, 0.3) is 5.91 Å². The quantitative estimate of drug-likeness (QED) is 0.0882. The molecule has 1 amide bonds. The van der Waals surface area contributed by atoms with Gasteiger partial charge in [0.05, 0.1) is 5.56 Å². The van der Waals surface area contributed by atoms with Gasteiger partial charge in [-0.15, -0.1) is 0 Å². The van der Waals surface area contributed by atoms with Crippen molar-refractivity contribution in [1.29, 1.82) is 0 Å². The molecule has 1 aromatic heterocycles. The third-order valence-corrected chi connectivity index (χ3v) is 8.26. The van der Waals surface area contributed by atoms with Crippen LogP contribution in [0.15, 0.2) is 18.3 Å². The largest absolute Gasteiger partial charge is 0.354 e. The van der Waals surface area contributed by atoms with Crippen molar-refractivity contribution in [2.24, 2.45) is 0 Å². The Morgan fingerprint density at radius 2 is 1.28 bits per heavy atom. The van der Waals surface area contributed by atoms with Crippen molar-refractivity contribution >= 4 is 34.3 Å². The molecule has 0 spiro atoms. The lowest BCUT2D eigenvalue weighted by Gasteiger charge is -2.34. The Labute approximate surface area is 235 Å². The summed E-state index contributed by atoms with van der Waals surface area (Å²) in [5.41, 5.74) is 0.664. The number of piperazine rings is 1. The summed E-state index contributed by atoms with van der Waals surface area (Å²) in [6, 6.07) is 3.91. The van der Waals surface area contributed by atoms with Crippen LogP contribution in [0.5, 0.6) is 0 Å². The number of carbonyl (C=O) groups excluding carboxylic acids is 1. The summed E-state index contributed by atoms with van der Waals surface area (Å²) in [5, 5.41) is 3.06. The number of nitrogens with one attached hydrogen (secondary N) is 1. The van der Waals surface area contributed by atoms with Gasteiger partial charge in [-0.05, 0) is 35.9 Å². The van der Waals surface area contributed by atoms with E-state index in [1.54, 1.807) is 6.20 Å². The fourth-order valence-electron chi connectivity index (χ4n) is 5.00. The Morgan fingerprint density at radius 1 is 0.778 bits per heavy atom. The van der Waals surface area contributed by atoms with Crippen LogP contribution >= 0.6 is 22.6 Å². The van der Waals surface area contributed by atoms with E-state index < -0.39 is 0 Å². The minimum Gasteiger partial charge on any atom is -0.354 e. The molecule has 2 rings (SSSR count). The van der Waals surface area contributed by atoms with Gasteiger partial charge < -0.3 is 15.1 Å². The molecule has 5 nitrogen and oxygen atoms in total. The van der Waals surface area contributed by atoms with Crippen LogP contribution in [0.4, 0.5) is 5.82 Å². The summed E-state index contributed by atoms with van der Waals surface area (Å²) < 4.78 is 1.32. The van der Waals surface area contributed by atoms with Crippen molar-refractivity contribution in [3.8, 4) is 0 Å². The Balaban J connectivity index is 1.37. The van der Waals surface area contributed by atoms with E-state index in [1.807, 2.05) is 12.1 Å². The fraction of sp³-hybridized carbons (Fsp3) is 0.800. The second-order valence-corrected chi connectivity index (χ2v) is 11.5. The van der Waals surface area contributed by atoms with E-state index in [9.17, 15) is 4.79 Å². The zero-order chi connectivity index (χ0) is 25.7. The van der Waals surface area contributed by atoms with E-state index in [0.29, 0.717) is 5.56 Å². The second kappa shape index (κ2) is 21.1. The second-order valence-electron chi connectivity index (χ2n) is 10.4. The van der Waals surface area contributed by atoms with Gasteiger partial charge in [-0.3, -0.25) is 4.79 Å². The maximum Gasteiger partial charge on any atom is 0.252 e. The van der Waals surface area contributed by atoms with Crippen LogP contribution in [-0.2, 0) is 0 Å². The summed E-state index contributed by atoms with van der Waals surface area (Å²) in [6.45, 7) is 8.26. The molecule has 1 aliphatic rings. The van der Waals surface area contributed by atoms with Crippen LogP contribution in [0.3, 0.4) is 0 Å². The molecule has 1 aliphatic heterocycles. The molecule has 36 heavy (non-hydrogen) atoms. The molecule has 0 aliphatic carbocycles. The third kappa shape index (κ3) is 14.2. The number of halogens is 1. The third-order valence-electron chi connectivity index (χ3n) is 7.50. The number of amides is 1. The van der Waals surface area contributed by atoms with Gasteiger partial charge >= 0.3 is 0 Å². The van der Waals surface area contributed by atoms with E-state index in [4.69, 9.17) is 0 Å². The molecule has 1 aromatic rings. The van der Waals surface area contributed by atoms with E-state index in [1.165, 1.54) is 101 Å². The van der Waals surface area contributed by atoms with Crippen LogP contribution in [0.1, 0.15) is 120 Å². The number of anilines is 1. The predicted molar refractivity (Wildman–Crippen MR) is 164 cm³/mol. The lowest BCUT2D eigenvalue weighted by atomic mass is 10.0. The van der Waals surface area contributed by atoms with Gasteiger partial charge in [-0.1, -0.05) is 119 Å². The Hall–Kier alpha value is -0.890. The Morgan fingerprint density at radius 3 is 1.72 bits per heavy atom. The Bertz CT molecular complexity index is 661. The molecule has 206 valence electrons. The van der Waals surface area contributed by atoms with Crippen LogP contribution in [0.25, 0.3) is 0 Å². The first-order valence-corrected chi connectivity index (χ1v) is 16.5. The number of rotatable bonds is 21. The molecule has 0 atom stereocenters. The smallest absolute Gasteiger partial charge is 0.252 e. The number of hydrogen-bond donors (Lipinski definition) is 1. The first kappa shape index (κ1) is 31.3. The molecule has 0 aromatic carbocycles. The zero-order valence-electron chi connectivity index (χ0n) is 23.1. The monoisotopic (exact) mass is 612 g/mol. The number of likely N-dealkylation sites (N-methyl/N-ethyl adjacent to an activating group) is 1. The molecule has 0 unspecified atom stereocenters. The van der Waals surface area contributed by atoms with Crippen molar-refractivity contribution in [1.82, 2.24) is 15.2 Å². The lowest BCUT2D eigenvalue weighted by molar-refractivity contribution is 0.0952. The molecule has 1 N–H and O–H groups in total. The molecule has 1 saturated heterocycles. The number of alkyl halides is 1. The fourth-order valence-corrected chi connectivity index (χ4v) is 5.54. The number of pyridine rings is 1. The molecular weight excluding hydrogens is 559 g/mol. The van der Waals surface area contributed by atoms with Crippen molar-refractivity contribution in [3.05, 3.63) is 23.9 Å². The van der Waals surface area contributed by atoms with Gasteiger partial charge in [-0.2, -0.15) is 0 Å². The van der Waals surface area contributed by atoms with Gasteiger partial charge in [-0.25, -0.2) is 4.98 Å². The lowest BCUT2D eigenvalue weighted by Crippen LogP contribution is -2.46. The van der Waals surface area contributed by atoms with Gasteiger partial charge in [0.15, 0.2) is 0 Å². The summed E-state index contributed by atoms with van der Waals surface area (Å²) in [4.78, 5) is 21.7. The SMILES string of the molecule is CCN1CCN(c2ccc(C(=O)NCCCCCCCCCCCCCCCCCCI)cn2)CC1. The summed E-state index contributed by atoms with van der Waals surface area (Å²) in [6.07, 6.45) is 23.7. The molecule has 6 heteroatoms. The first-order chi connectivity index (χ1) is 17.7. The maximum atomic E-state index is 12.4. The van der Waals surface area contributed by atoms with Crippen molar-refractivity contribution in [2.45, 2.75) is 110 Å². The highest BCUT2D eigenvalue weighted by atomic mass is 127. The Kier molecular flexibility index (Phi) is 18.4. The highest BCUT2D eigenvalue weighted by Crippen LogP contribution is 2.15. The van der Waals surface area contributed by atoms with Gasteiger partial charge in [0, 0.05) is 38.9 Å². The highest BCUT2D eigenvalue weighted by molar-refractivity contribution is 14.1. The molecule has 2 heterocycles. The molecule has 0 radical (unpaired) electrons. The van der Waals surface area contributed by atoms with Crippen LogP contribution in [-0.4, -0.2) is 59.5 Å². The number of hydrogen-bond acceptors (Lipinski definition) is 4. The van der Waals surface area contributed by atoms with Crippen LogP contribution in [0, 0.1) is 0 Å². The van der Waals surface area contributed by atoms with Gasteiger partial charge in [0.2, 0.25) is 0 Å². The standard InChI is InChI=1S/C30H53IN4O/c1-2-34-23-25-35(26-24-34)29-20-19-28(27-33-29)30(36)32-22-18-16-14-12-10-8-6-4-3-5-7-9-11-13-15-17-21-31/h19-20,27H,2-18,21-26H2,1H3,(H,32,36). The van der Waals surface area contributed by atoms with Crippen molar-refractivity contribution in [3.63, 3.8) is 0 Å². The van der Waals surface area contributed by atoms with E-state index in [-0.39, 0.29) is 5.91 Å². The predicted octanol–water partition coefficient (Wildman–Crippen LogP) is 7.63. The number of unbranched alkanes of at least 4 members (excludes halogenated alkanes) is 15. The van der Waals surface area contributed by atoms with Crippen LogP contribution in [0.2, 0.25) is 0 Å². The average Bonchev–Trinajstić information content (AvgIpc) is 2.92. The number of aromatic nitrogens is 1.